The van der Waals surface area contributed by atoms with Gasteiger partial charge in [0.1, 0.15) is 0 Å². The minimum Gasteiger partial charge on any atom is -0.387 e. The molecule has 1 N–H and O–H groups in total. The van der Waals surface area contributed by atoms with Gasteiger partial charge >= 0.3 is 0 Å². The van der Waals surface area contributed by atoms with E-state index in [0.717, 1.165) is 11.1 Å². The topological polar surface area (TPSA) is 57.6 Å². The van der Waals surface area contributed by atoms with Crippen molar-refractivity contribution < 1.29 is 14.7 Å². The smallest absolute Gasteiger partial charge is 0.235 e. The highest BCUT2D eigenvalue weighted by molar-refractivity contribution is 6.05. The molecule has 0 bridgehead atoms. The fourth-order valence-corrected chi connectivity index (χ4v) is 2.44. The van der Waals surface area contributed by atoms with Crippen LogP contribution in [0.4, 0.5) is 0 Å². The molecular weight excluding hydrogens is 242 g/mol. The molecule has 1 aromatic carbocycles. The highest BCUT2D eigenvalue weighted by Crippen LogP contribution is 2.33. The summed E-state index contributed by atoms with van der Waals surface area (Å²) in [7, 11) is 0. The maximum atomic E-state index is 12.1. The molecule has 2 amide bonds. The predicted molar refractivity (Wildman–Crippen MR) is 71.3 cm³/mol. The van der Waals surface area contributed by atoms with E-state index in [1.807, 2.05) is 31.2 Å². The molecule has 1 aromatic rings. The zero-order chi connectivity index (χ0) is 14.2. The van der Waals surface area contributed by atoms with E-state index in [0.29, 0.717) is 0 Å². The number of benzene rings is 1. The third kappa shape index (κ3) is 2.54. The van der Waals surface area contributed by atoms with E-state index in [2.05, 4.69) is 0 Å². The number of hydrogen-bond donors (Lipinski definition) is 1. The fourth-order valence-electron chi connectivity index (χ4n) is 2.44. The molecule has 1 atom stereocenters. The zero-order valence-corrected chi connectivity index (χ0v) is 11.5. The normalized spacial score (nSPS) is 19.9. The first kappa shape index (κ1) is 13.7. The molecule has 4 heteroatoms. The molecule has 2 rings (SSSR count). The quantitative estimate of drug-likeness (QED) is 0.844. The second kappa shape index (κ2) is 4.78. The average molecular weight is 261 g/mol. The number of carbonyl (C=O) groups excluding carboxylic acids is 2. The Balaban J connectivity index is 2.16. The van der Waals surface area contributed by atoms with Crippen molar-refractivity contribution in [2.24, 2.45) is 5.41 Å². The van der Waals surface area contributed by atoms with Gasteiger partial charge in [-0.15, -0.1) is 0 Å². The van der Waals surface area contributed by atoms with Crippen LogP contribution in [0.3, 0.4) is 0 Å². The van der Waals surface area contributed by atoms with Gasteiger partial charge in [0.05, 0.1) is 18.1 Å². The first-order valence-electron chi connectivity index (χ1n) is 6.41. The fraction of sp³-hybridized carbons (Fsp3) is 0.467. The van der Waals surface area contributed by atoms with Crippen LogP contribution < -0.4 is 0 Å². The number of aryl methyl sites for hydroxylation is 1. The summed E-state index contributed by atoms with van der Waals surface area (Å²) in [4.78, 5) is 25.1. The summed E-state index contributed by atoms with van der Waals surface area (Å²) in [5, 5.41) is 10.2. The van der Waals surface area contributed by atoms with Crippen molar-refractivity contribution >= 4 is 11.8 Å². The van der Waals surface area contributed by atoms with Gasteiger partial charge in [-0.2, -0.15) is 0 Å². The van der Waals surface area contributed by atoms with Crippen LogP contribution in [-0.2, 0) is 9.59 Å². The molecule has 1 saturated heterocycles. The lowest BCUT2D eigenvalue weighted by atomic mass is 9.92. The Morgan fingerprint density at radius 3 is 2.47 bits per heavy atom. The van der Waals surface area contributed by atoms with Crippen LogP contribution in [0.2, 0.25) is 0 Å². The lowest BCUT2D eigenvalue weighted by Gasteiger charge is -2.22. The molecule has 1 fully saturated rings. The molecule has 19 heavy (non-hydrogen) atoms. The van der Waals surface area contributed by atoms with Crippen molar-refractivity contribution in [3.8, 4) is 0 Å². The number of β-amino-alcohol motifs (C(OH)–C–C–N with tert-alkyl or cyclic N) is 1. The third-order valence-electron chi connectivity index (χ3n) is 3.62. The predicted octanol–water partition coefficient (Wildman–Crippen LogP) is 1.81. The first-order chi connectivity index (χ1) is 8.83. The van der Waals surface area contributed by atoms with Gasteiger partial charge in [-0.25, -0.2) is 0 Å². The molecule has 0 radical (unpaired) electrons. The number of rotatable bonds is 3. The van der Waals surface area contributed by atoms with Gasteiger partial charge in [-0.05, 0) is 18.1 Å². The van der Waals surface area contributed by atoms with Crippen molar-refractivity contribution in [3.63, 3.8) is 0 Å². The van der Waals surface area contributed by atoms with Crippen LogP contribution in [-0.4, -0.2) is 28.4 Å². The van der Waals surface area contributed by atoms with Crippen LogP contribution in [0.15, 0.2) is 24.3 Å². The summed E-state index contributed by atoms with van der Waals surface area (Å²) in [5.74, 6) is -0.409. The molecule has 1 unspecified atom stereocenters. The Labute approximate surface area is 113 Å². The number of hydrogen-bond acceptors (Lipinski definition) is 3. The molecule has 4 nitrogen and oxygen atoms in total. The molecule has 1 heterocycles. The summed E-state index contributed by atoms with van der Waals surface area (Å²) in [5.41, 5.74) is 1.06. The maximum Gasteiger partial charge on any atom is 0.235 e. The Kier molecular flexibility index (Phi) is 3.45. The summed E-state index contributed by atoms with van der Waals surface area (Å²) < 4.78 is 0. The Bertz CT molecular complexity index is 522. The Morgan fingerprint density at radius 1 is 1.32 bits per heavy atom. The van der Waals surface area contributed by atoms with Crippen molar-refractivity contribution in [3.05, 3.63) is 35.4 Å². The lowest BCUT2D eigenvalue weighted by molar-refractivity contribution is -0.142. The molecule has 0 aliphatic carbocycles. The van der Waals surface area contributed by atoms with Gasteiger partial charge in [0.15, 0.2) is 0 Å². The second-order valence-corrected chi connectivity index (χ2v) is 5.74. The summed E-state index contributed by atoms with van der Waals surface area (Å²) in [6, 6.07) is 7.44. The van der Waals surface area contributed by atoms with E-state index in [-0.39, 0.29) is 24.8 Å². The second-order valence-electron chi connectivity index (χ2n) is 5.74. The van der Waals surface area contributed by atoms with Crippen LogP contribution in [0, 0.1) is 12.3 Å². The largest absolute Gasteiger partial charge is 0.387 e. The van der Waals surface area contributed by atoms with Gasteiger partial charge < -0.3 is 5.11 Å². The summed E-state index contributed by atoms with van der Waals surface area (Å²) in [6.07, 6.45) is -0.616. The number of aliphatic hydroxyl groups is 1. The summed E-state index contributed by atoms with van der Waals surface area (Å²) in [6.45, 7) is 5.45. The van der Waals surface area contributed by atoms with Crippen LogP contribution in [0.25, 0.3) is 0 Å². The molecule has 0 aromatic heterocycles. The number of amides is 2. The minimum absolute atomic E-state index is 0.0337. The highest BCUT2D eigenvalue weighted by Gasteiger charge is 2.45. The maximum absolute atomic E-state index is 12.1. The van der Waals surface area contributed by atoms with E-state index in [1.54, 1.807) is 13.8 Å². The van der Waals surface area contributed by atoms with Crippen molar-refractivity contribution in [1.82, 2.24) is 4.90 Å². The summed E-state index contributed by atoms with van der Waals surface area (Å²) >= 11 is 0. The van der Waals surface area contributed by atoms with Gasteiger partial charge in [0, 0.05) is 6.42 Å². The van der Waals surface area contributed by atoms with E-state index in [4.69, 9.17) is 0 Å². The molecule has 1 aliphatic rings. The Morgan fingerprint density at radius 2 is 1.95 bits per heavy atom. The molecular formula is C15H19NO3. The average Bonchev–Trinajstić information content (AvgIpc) is 2.52. The number of likely N-dealkylation sites (tertiary alicyclic amines) is 1. The number of carbonyl (C=O) groups is 2. The monoisotopic (exact) mass is 261 g/mol. The van der Waals surface area contributed by atoms with Crippen molar-refractivity contribution in [2.45, 2.75) is 33.3 Å². The number of nitrogens with zero attached hydrogens (tertiary/aromatic N) is 1. The number of imide groups is 1. The Hall–Kier alpha value is -1.68. The van der Waals surface area contributed by atoms with E-state index < -0.39 is 11.5 Å². The minimum atomic E-state index is -0.831. The first-order valence-corrected chi connectivity index (χ1v) is 6.41. The van der Waals surface area contributed by atoms with E-state index in [9.17, 15) is 14.7 Å². The van der Waals surface area contributed by atoms with Crippen LogP contribution in [0.1, 0.15) is 37.5 Å². The number of aliphatic hydroxyl groups excluding tert-OH is 1. The third-order valence-corrected chi connectivity index (χ3v) is 3.62. The van der Waals surface area contributed by atoms with Crippen molar-refractivity contribution in [2.75, 3.05) is 6.54 Å². The molecule has 102 valence electrons. The standard InChI is InChI=1S/C15H19NO3/c1-10-6-4-5-7-11(10)12(17)9-16-13(18)8-15(2,3)14(16)19/h4-7,12,17H,8-9H2,1-3H3. The molecule has 0 saturated carbocycles. The molecule has 0 spiro atoms. The van der Waals surface area contributed by atoms with E-state index >= 15 is 0 Å². The van der Waals surface area contributed by atoms with Crippen molar-refractivity contribution in [1.29, 1.82) is 0 Å². The van der Waals surface area contributed by atoms with Crippen LogP contribution in [0.5, 0.6) is 0 Å². The zero-order valence-electron chi connectivity index (χ0n) is 11.5. The van der Waals surface area contributed by atoms with Gasteiger partial charge in [0.25, 0.3) is 0 Å². The van der Waals surface area contributed by atoms with Gasteiger partial charge in [-0.3, -0.25) is 14.5 Å². The molecule has 1 aliphatic heterocycles. The van der Waals surface area contributed by atoms with E-state index in [1.165, 1.54) is 4.90 Å². The van der Waals surface area contributed by atoms with Crippen LogP contribution >= 0.6 is 0 Å². The highest BCUT2D eigenvalue weighted by atomic mass is 16.3. The van der Waals surface area contributed by atoms with Gasteiger partial charge in [-0.1, -0.05) is 38.1 Å². The lowest BCUT2D eigenvalue weighted by Crippen LogP contribution is -2.36. The van der Waals surface area contributed by atoms with Gasteiger partial charge in [0.2, 0.25) is 11.8 Å². The SMILES string of the molecule is Cc1ccccc1C(O)CN1C(=O)CC(C)(C)C1=O.